The molecule has 0 aromatic carbocycles. The molecule has 0 aromatic heterocycles. The van der Waals surface area contributed by atoms with Crippen molar-refractivity contribution in [3.63, 3.8) is 0 Å². The summed E-state index contributed by atoms with van der Waals surface area (Å²) in [6, 6.07) is 1.92. The minimum absolute atomic E-state index is 0.151. The van der Waals surface area contributed by atoms with Gasteiger partial charge in [0.1, 0.15) is 5.92 Å². The average molecular weight is 228 g/mol. The highest BCUT2D eigenvalue weighted by atomic mass is 32.2. The third kappa shape index (κ3) is 8.31. The first-order chi connectivity index (χ1) is 7.22. The van der Waals surface area contributed by atoms with Crippen LogP contribution in [0.4, 0.5) is 0 Å². The Morgan fingerprint density at radius 2 is 2.07 bits per heavy atom. The Labute approximate surface area is 96.6 Å². The van der Waals surface area contributed by atoms with Crippen molar-refractivity contribution < 1.29 is 4.79 Å². The van der Waals surface area contributed by atoms with Crippen molar-refractivity contribution in [1.82, 2.24) is 5.32 Å². The van der Waals surface area contributed by atoms with Gasteiger partial charge in [0.05, 0.1) is 6.07 Å². The first kappa shape index (κ1) is 14.3. The van der Waals surface area contributed by atoms with Crippen LogP contribution in [0, 0.1) is 17.2 Å². The van der Waals surface area contributed by atoms with E-state index >= 15 is 0 Å². The number of unbranched alkanes of at least 4 members (excludes halogenated alkanes) is 3. The van der Waals surface area contributed by atoms with Gasteiger partial charge in [0.15, 0.2) is 0 Å². The molecule has 3 nitrogen and oxygen atoms in total. The van der Waals surface area contributed by atoms with Gasteiger partial charge in [0, 0.05) is 6.54 Å². The molecular formula is C11H20N2OS. The lowest BCUT2D eigenvalue weighted by Gasteiger charge is -2.05. The van der Waals surface area contributed by atoms with Crippen LogP contribution >= 0.6 is 11.8 Å². The standard InChI is InChI=1S/C11H20N2OS/c1-10(9-12)11(14)13-7-5-3-4-6-8-15-2/h10H,3-8H2,1-2H3,(H,13,14). The molecule has 0 aliphatic rings. The highest BCUT2D eigenvalue weighted by Crippen LogP contribution is 2.04. The molecule has 0 heterocycles. The van der Waals surface area contributed by atoms with Crippen molar-refractivity contribution in [3.05, 3.63) is 0 Å². The predicted octanol–water partition coefficient (Wildman–Crippen LogP) is 2.19. The Kier molecular flexibility index (Phi) is 9.40. The summed E-state index contributed by atoms with van der Waals surface area (Å²) in [5, 5.41) is 11.2. The van der Waals surface area contributed by atoms with Crippen LogP contribution < -0.4 is 5.32 Å². The number of carbonyl (C=O) groups is 1. The molecule has 0 aromatic rings. The Morgan fingerprint density at radius 1 is 1.40 bits per heavy atom. The summed E-state index contributed by atoms with van der Waals surface area (Å²) >= 11 is 1.87. The quantitative estimate of drug-likeness (QED) is 0.648. The van der Waals surface area contributed by atoms with E-state index < -0.39 is 5.92 Å². The summed E-state index contributed by atoms with van der Waals surface area (Å²) in [5.41, 5.74) is 0. The molecule has 1 N–H and O–H groups in total. The Balaban J connectivity index is 3.25. The van der Waals surface area contributed by atoms with Crippen LogP contribution in [0.5, 0.6) is 0 Å². The van der Waals surface area contributed by atoms with Gasteiger partial charge < -0.3 is 5.32 Å². The summed E-state index contributed by atoms with van der Waals surface area (Å²) in [6.45, 7) is 2.32. The topological polar surface area (TPSA) is 52.9 Å². The summed E-state index contributed by atoms with van der Waals surface area (Å²) in [4.78, 5) is 11.2. The van der Waals surface area contributed by atoms with Gasteiger partial charge in [0.25, 0.3) is 0 Å². The fourth-order valence-electron chi connectivity index (χ4n) is 1.15. The number of rotatable bonds is 8. The van der Waals surface area contributed by atoms with E-state index in [-0.39, 0.29) is 5.91 Å². The predicted molar refractivity (Wildman–Crippen MR) is 64.6 cm³/mol. The zero-order valence-electron chi connectivity index (χ0n) is 9.58. The van der Waals surface area contributed by atoms with Crippen LogP contribution in [0.2, 0.25) is 0 Å². The normalized spacial score (nSPS) is 11.8. The molecule has 0 saturated carbocycles. The molecule has 4 heteroatoms. The second-order valence-electron chi connectivity index (χ2n) is 3.55. The maximum absolute atomic E-state index is 11.2. The average Bonchev–Trinajstić information content (AvgIpc) is 2.26. The van der Waals surface area contributed by atoms with Crippen LogP contribution in [0.25, 0.3) is 0 Å². The van der Waals surface area contributed by atoms with E-state index in [1.54, 1.807) is 6.92 Å². The molecule has 0 aliphatic carbocycles. The Morgan fingerprint density at radius 3 is 2.67 bits per heavy atom. The summed E-state index contributed by atoms with van der Waals surface area (Å²) in [5.74, 6) is 0.542. The second kappa shape index (κ2) is 9.85. The SMILES string of the molecule is CSCCCCCCNC(=O)C(C)C#N. The van der Waals surface area contributed by atoms with E-state index in [0.29, 0.717) is 6.54 Å². The van der Waals surface area contributed by atoms with Gasteiger partial charge in [-0.3, -0.25) is 4.79 Å². The summed E-state index contributed by atoms with van der Waals surface area (Å²) in [6.07, 6.45) is 6.76. The van der Waals surface area contributed by atoms with Crippen LogP contribution in [0.15, 0.2) is 0 Å². The molecule has 0 bridgehead atoms. The molecule has 0 rings (SSSR count). The molecule has 86 valence electrons. The van der Waals surface area contributed by atoms with Crippen LogP contribution in [-0.4, -0.2) is 24.5 Å². The molecule has 0 spiro atoms. The maximum atomic E-state index is 11.2. The van der Waals surface area contributed by atoms with E-state index in [2.05, 4.69) is 11.6 Å². The molecule has 15 heavy (non-hydrogen) atoms. The summed E-state index contributed by atoms with van der Waals surface area (Å²) < 4.78 is 0. The molecule has 1 amide bonds. The zero-order valence-corrected chi connectivity index (χ0v) is 10.4. The van der Waals surface area contributed by atoms with Crippen LogP contribution in [0.3, 0.4) is 0 Å². The third-order valence-corrected chi connectivity index (χ3v) is 2.86. The van der Waals surface area contributed by atoms with Crippen molar-refractivity contribution in [1.29, 1.82) is 5.26 Å². The van der Waals surface area contributed by atoms with Gasteiger partial charge in [-0.15, -0.1) is 0 Å². The Bertz CT molecular complexity index is 213. The van der Waals surface area contributed by atoms with Crippen molar-refractivity contribution in [3.8, 4) is 6.07 Å². The lowest BCUT2D eigenvalue weighted by molar-refractivity contribution is -0.122. The fraction of sp³-hybridized carbons (Fsp3) is 0.818. The number of nitrogens with zero attached hydrogens (tertiary/aromatic N) is 1. The van der Waals surface area contributed by atoms with Gasteiger partial charge in [-0.05, 0) is 31.8 Å². The van der Waals surface area contributed by atoms with Crippen molar-refractivity contribution >= 4 is 17.7 Å². The van der Waals surface area contributed by atoms with Gasteiger partial charge in [-0.2, -0.15) is 17.0 Å². The molecule has 0 aliphatic heterocycles. The van der Waals surface area contributed by atoms with Gasteiger partial charge in [-0.1, -0.05) is 12.8 Å². The Hall–Kier alpha value is -0.690. The number of thioether (sulfide) groups is 1. The lowest BCUT2D eigenvalue weighted by atomic mass is 10.2. The maximum Gasteiger partial charge on any atom is 0.237 e. The highest BCUT2D eigenvalue weighted by molar-refractivity contribution is 7.98. The fourth-order valence-corrected chi connectivity index (χ4v) is 1.64. The minimum Gasteiger partial charge on any atom is -0.355 e. The molecule has 1 atom stereocenters. The van der Waals surface area contributed by atoms with E-state index in [9.17, 15) is 4.79 Å². The number of hydrogen-bond acceptors (Lipinski definition) is 3. The zero-order chi connectivity index (χ0) is 11.5. The monoisotopic (exact) mass is 228 g/mol. The summed E-state index contributed by atoms with van der Waals surface area (Å²) in [7, 11) is 0. The van der Waals surface area contributed by atoms with E-state index in [4.69, 9.17) is 5.26 Å². The van der Waals surface area contributed by atoms with E-state index in [0.717, 1.165) is 12.8 Å². The van der Waals surface area contributed by atoms with Crippen LogP contribution in [-0.2, 0) is 4.79 Å². The van der Waals surface area contributed by atoms with E-state index in [1.807, 2.05) is 17.8 Å². The number of nitriles is 1. The first-order valence-electron chi connectivity index (χ1n) is 5.38. The van der Waals surface area contributed by atoms with Crippen molar-refractivity contribution in [2.75, 3.05) is 18.6 Å². The first-order valence-corrected chi connectivity index (χ1v) is 6.78. The number of carbonyl (C=O) groups excluding carboxylic acids is 1. The van der Waals surface area contributed by atoms with Crippen LogP contribution in [0.1, 0.15) is 32.6 Å². The van der Waals surface area contributed by atoms with Crippen molar-refractivity contribution in [2.45, 2.75) is 32.6 Å². The number of hydrogen-bond donors (Lipinski definition) is 1. The van der Waals surface area contributed by atoms with E-state index in [1.165, 1.54) is 18.6 Å². The smallest absolute Gasteiger partial charge is 0.237 e. The second-order valence-corrected chi connectivity index (χ2v) is 4.53. The highest BCUT2D eigenvalue weighted by Gasteiger charge is 2.09. The number of nitrogens with one attached hydrogen (secondary N) is 1. The van der Waals surface area contributed by atoms with Gasteiger partial charge in [-0.25, -0.2) is 0 Å². The third-order valence-electron chi connectivity index (χ3n) is 2.16. The van der Waals surface area contributed by atoms with Gasteiger partial charge in [0.2, 0.25) is 5.91 Å². The molecule has 0 fully saturated rings. The number of amides is 1. The molecule has 0 saturated heterocycles. The van der Waals surface area contributed by atoms with Gasteiger partial charge >= 0.3 is 0 Å². The lowest BCUT2D eigenvalue weighted by Crippen LogP contribution is -2.29. The largest absolute Gasteiger partial charge is 0.355 e. The molecular weight excluding hydrogens is 208 g/mol. The van der Waals surface area contributed by atoms with Crippen molar-refractivity contribution in [2.24, 2.45) is 5.92 Å². The molecule has 0 radical (unpaired) electrons. The minimum atomic E-state index is -0.526. The molecule has 1 unspecified atom stereocenters.